The van der Waals surface area contributed by atoms with Crippen molar-refractivity contribution in [3.05, 3.63) is 59.1 Å². The second kappa shape index (κ2) is 8.74. The van der Waals surface area contributed by atoms with Gasteiger partial charge >= 0.3 is 0 Å². The van der Waals surface area contributed by atoms with E-state index in [0.29, 0.717) is 18.9 Å². The molecule has 0 N–H and O–H groups in total. The van der Waals surface area contributed by atoms with Crippen LogP contribution in [0, 0.1) is 0 Å². The van der Waals surface area contributed by atoms with Gasteiger partial charge in [-0.1, -0.05) is 30.3 Å². The van der Waals surface area contributed by atoms with Crippen molar-refractivity contribution in [2.45, 2.75) is 38.5 Å². The number of thiazole rings is 1. The van der Waals surface area contributed by atoms with Crippen molar-refractivity contribution in [3.8, 4) is 5.75 Å². The second-order valence-corrected chi connectivity index (χ2v) is 8.30. The zero-order valence-electron chi connectivity index (χ0n) is 16.3. The third-order valence-electron chi connectivity index (χ3n) is 5.31. The molecular weight excluding hydrogens is 368 g/mol. The number of amides is 1. The van der Waals surface area contributed by atoms with Crippen LogP contribution in [0.25, 0.3) is 10.2 Å². The Morgan fingerprint density at radius 1 is 1.21 bits per heavy atom. The Morgan fingerprint density at radius 2 is 2.04 bits per heavy atom. The minimum Gasteiger partial charge on any atom is -0.494 e. The molecule has 1 aliphatic heterocycles. The molecule has 4 rings (SSSR count). The van der Waals surface area contributed by atoms with E-state index < -0.39 is 0 Å². The highest BCUT2D eigenvalue weighted by molar-refractivity contribution is 7.18. The fourth-order valence-corrected chi connectivity index (χ4v) is 4.97. The summed E-state index contributed by atoms with van der Waals surface area (Å²) < 4.78 is 6.92. The molecular formula is C23H26N2O2S. The Bertz CT molecular complexity index is 919. The Balaban J connectivity index is 1.39. The van der Waals surface area contributed by atoms with Crippen molar-refractivity contribution in [1.82, 2.24) is 9.88 Å². The Labute approximate surface area is 170 Å². The van der Waals surface area contributed by atoms with E-state index in [1.165, 1.54) is 9.71 Å². The van der Waals surface area contributed by atoms with Crippen LogP contribution in [0.15, 0.2) is 48.5 Å². The first-order valence-corrected chi connectivity index (χ1v) is 10.9. The predicted molar refractivity (Wildman–Crippen MR) is 114 cm³/mol. The summed E-state index contributed by atoms with van der Waals surface area (Å²) in [5, 5.41) is 1.17. The molecule has 0 spiro atoms. The maximum absolute atomic E-state index is 12.9. The topological polar surface area (TPSA) is 42.4 Å². The average molecular weight is 395 g/mol. The molecule has 1 aliphatic rings. The standard InChI is InChI=1S/C23H26N2O2S/c1-2-27-20-11-5-3-8-17(20)13-14-22(26)25-15-7-9-18(16-25)23-24-19-10-4-6-12-21(19)28-23/h3-6,8,10-12,18H,2,7,9,13-16H2,1H3/t18-/m0/s1. The number of hydrogen-bond donors (Lipinski definition) is 0. The first kappa shape index (κ1) is 18.9. The van der Waals surface area contributed by atoms with Gasteiger partial charge < -0.3 is 9.64 Å². The van der Waals surface area contributed by atoms with E-state index in [2.05, 4.69) is 24.3 Å². The molecule has 0 radical (unpaired) electrons. The van der Waals surface area contributed by atoms with Crippen molar-refractivity contribution in [2.75, 3.05) is 19.7 Å². The second-order valence-electron chi connectivity index (χ2n) is 7.24. The molecule has 146 valence electrons. The molecule has 2 aromatic carbocycles. The van der Waals surface area contributed by atoms with Gasteiger partial charge in [0.05, 0.1) is 21.8 Å². The molecule has 0 unspecified atom stereocenters. The summed E-state index contributed by atoms with van der Waals surface area (Å²) in [5.41, 5.74) is 2.18. The minimum absolute atomic E-state index is 0.233. The highest BCUT2D eigenvalue weighted by atomic mass is 32.1. The van der Waals surface area contributed by atoms with Gasteiger partial charge in [0.1, 0.15) is 5.75 Å². The highest BCUT2D eigenvalue weighted by Gasteiger charge is 2.26. The van der Waals surface area contributed by atoms with Crippen molar-refractivity contribution in [2.24, 2.45) is 0 Å². The summed E-state index contributed by atoms with van der Waals surface area (Å²) in [6.45, 7) is 4.26. The van der Waals surface area contributed by atoms with Crippen LogP contribution in [0.5, 0.6) is 5.75 Å². The maximum Gasteiger partial charge on any atom is 0.222 e. The van der Waals surface area contributed by atoms with Gasteiger partial charge in [0.25, 0.3) is 0 Å². The Kier molecular flexibility index (Phi) is 5.91. The van der Waals surface area contributed by atoms with Crippen LogP contribution in [-0.2, 0) is 11.2 Å². The Hall–Kier alpha value is -2.40. The summed E-state index contributed by atoms with van der Waals surface area (Å²) >= 11 is 1.77. The van der Waals surface area contributed by atoms with E-state index in [1.54, 1.807) is 11.3 Å². The SMILES string of the molecule is CCOc1ccccc1CCC(=O)N1CCC[C@H](c2nc3ccccc3s2)C1. The predicted octanol–water partition coefficient (Wildman–Crippen LogP) is 5.03. The molecule has 0 bridgehead atoms. The number of carbonyl (C=O) groups excluding carboxylic acids is 1. The van der Waals surface area contributed by atoms with Gasteiger partial charge in [0, 0.05) is 25.4 Å². The summed E-state index contributed by atoms with van der Waals surface area (Å²) in [7, 11) is 0. The number of fused-ring (bicyclic) bond motifs is 1. The smallest absolute Gasteiger partial charge is 0.222 e. The number of benzene rings is 2. The maximum atomic E-state index is 12.9. The molecule has 1 amide bonds. The molecule has 0 aliphatic carbocycles. The van der Waals surface area contributed by atoms with E-state index in [9.17, 15) is 4.79 Å². The lowest BCUT2D eigenvalue weighted by Gasteiger charge is -2.32. The first-order chi connectivity index (χ1) is 13.7. The number of rotatable bonds is 6. The van der Waals surface area contributed by atoms with Crippen LogP contribution < -0.4 is 4.74 Å². The first-order valence-electron chi connectivity index (χ1n) is 10.1. The van der Waals surface area contributed by atoms with Crippen LogP contribution in [0.1, 0.15) is 42.7 Å². The van der Waals surface area contributed by atoms with Crippen molar-refractivity contribution in [1.29, 1.82) is 0 Å². The zero-order valence-corrected chi connectivity index (χ0v) is 17.1. The van der Waals surface area contributed by atoms with Gasteiger partial charge in [-0.25, -0.2) is 4.98 Å². The largest absolute Gasteiger partial charge is 0.494 e. The fourth-order valence-electron chi connectivity index (χ4n) is 3.88. The van der Waals surface area contributed by atoms with Crippen LogP contribution in [0.4, 0.5) is 0 Å². The third-order valence-corrected chi connectivity index (χ3v) is 6.51. The number of ether oxygens (including phenoxy) is 1. The van der Waals surface area contributed by atoms with Crippen LogP contribution in [-0.4, -0.2) is 35.5 Å². The molecule has 1 saturated heterocycles. The molecule has 28 heavy (non-hydrogen) atoms. The lowest BCUT2D eigenvalue weighted by Crippen LogP contribution is -2.39. The molecule has 1 atom stereocenters. The van der Waals surface area contributed by atoms with Gasteiger partial charge in [0.15, 0.2) is 0 Å². The normalized spacial score (nSPS) is 17.0. The molecule has 1 aromatic heterocycles. The number of para-hydroxylation sites is 2. The van der Waals surface area contributed by atoms with Crippen molar-refractivity contribution >= 4 is 27.5 Å². The molecule has 5 heteroatoms. The number of likely N-dealkylation sites (tertiary alicyclic amines) is 1. The van der Waals surface area contributed by atoms with Gasteiger partial charge in [-0.2, -0.15) is 0 Å². The van der Waals surface area contributed by atoms with Gasteiger partial charge in [-0.05, 0) is 49.9 Å². The zero-order chi connectivity index (χ0) is 19.3. The molecule has 4 nitrogen and oxygen atoms in total. The number of piperidine rings is 1. The third kappa shape index (κ3) is 4.20. The van der Waals surface area contributed by atoms with E-state index in [0.717, 1.165) is 49.2 Å². The molecule has 2 heterocycles. The number of aryl methyl sites for hydroxylation is 1. The summed E-state index contributed by atoms with van der Waals surface area (Å²) in [6.07, 6.45) is 3.40. The van der Waals surface area contributed by atoms with Crippen LogP contribution in [0.2, 0.25) is 0 Å². The van der Waals surface area contributed by atoms with E-state index in [1.807, 2.05) is 36.1 Å². The number of carbonyl (C=O) groups is 1. The van der Waals surface area contributed by atoms with Gasteiger partial charge in [0.2, 0.25) is 5.91 Å². The van der Waals surface area contributed by atoms with E-state index >= 15 is 0 Å². The number of nitrogens with zero attached hydrogens (tertiary/aromatic N) is 2. The summed E-state index contributed by atoms with van der Waals surface area (Å²) in [4.78, 5) is 19.7. The molecule has 3 aromatic rings. The summed E-state index contributed by atoms with van der Waals surface area (Å²) in [5.74, 6) is 1.48. The average Bonchev–Trinajstić information content (AvgIpc) is 3.18. The van der Waals surface area contributed by atoms with Crippen LogP contribution >= 0.6 is 11.3 Å². The number of aromatic nitrogens is 1. The lowest BCUT2D eigenvalue weighted by atomic mass is 9.98. The minimum atomic E-state index is 0.233. The quantitative estimate of drug-likeness (QED) is 0.589. The molecule has 0 saturated carbocycles. The van der Waals surface area contributed by atoms with Gasteiger partial charge in [-0.15, -0.1) is 11.3 Å². The highest BCUT2D eigenvalue weighted by Crippen LogP contribution is 2.33. The Morgan fingerprint density at radius 3 is 2.89 bits per heavy atom. The van der Waals surface area contributed by atoms with Gasteiger partial charge in [-0.3, -0.25) is 4.79 Å². The lowest BCUT2D eigenvalue weighted by molar-refractivity contribution is -0.132. The fraction of sp³-hybridized carbons (Fsp3) is 0.391. The monoisotopic (exact) mass is 394 g/mol. The van der Waals surface area contributed by atoms with Crippen molar-refractivity contribution in [3.63, 3.8) is 0 Å². The number of hydrogen-bond acceptors (Lipinski definition) is 4. The van der Waals surface area contributed by atoms with E-state index in [4.69, 9.17) is 9.72 Å². The van der Waals surface area contributed by atoms with E-state index in [-0.39, 0.29) is 5.91 Å². The molecule has 1 fully saturated rings. The van der Waals surface area contributed by atoms with Crippen LogP contribution in [0.3, 0.4) is 0 Å². The summed E-state index contributed by atoms with van der Waals surface area (Å²) in [6, 6.07) is 16.3. The van der Waals surface area contributed by atoms with Crippen molar-refractivity contribution < 1.29 is 9.53 Å².